The van der Waals surface area contributed by atoms with E-state index in [0.717, 1.165) is 122 Å². The lowest BCUT2D eigenvalue weighted by Crippen LogP contribution is -2.45. The molecule has 0 aliphatic rings. The molecule has 0 fully saturated rings. The summed E-state index contributed by atoms with van der Waals surface area (Å²) in [6.07, 6.45) is 115. The average molecular weight is 1160 g/mol. The summed E-state index contributed by atoms with van der Waals surface area (Å²) in [5.41, 5.74) is 0. The number of aliphatic hydroxyl groups is 2. The molecule has 0 rings (SSSR count). The van der Waals surface area contributed by atoms with Gasteiger partial charge in [0.15, 0.2) is 0 Å². The summed E-state index contributed by atoms with van der Waals surface area (Å²) in [5.74, 6) is -0.0572. The van der Waals surface area contributed by atoms with Crippen molar-refractivity contribution in [1.82, 2.24) is 5.32 Å². The van der Waals surface area contributed by atoms with Crippen molar-refractivity contribution in [3.8, 4) is 0 Å². The molecule has 0 spiro atoms. The van der Waals surface area contributed by atoms with Crippen molar-refractivity contribution in [1.29, 1.82) is 0 Å². The molecule has 480 valence electrons. The Morgan fingerprint density at radius 3 is 0.786 bits per heavy atom. The lowest BCUT2D eigenvalue weighted by molar-refractivity contribution is -0.123. The first-order chi connectivity index (χ1) is 41.7. The normalized spacial score (nSPS) is 13.6. The van der Waals surface area contributed by atoms with Gasteiger partial charge in [-0.05, 0) is 103 Å². The van der Waals surface area contributed by atoms with E-state index in [1.807, 2.05) is 0 Å². The largest absolute Gasteiger partial charge is 0.394 e. The molecule has 0 aliphatic carbocycles. The van der Waals surface area contributed by atoms with Gasteiger partial charge in [-0.1, -0.05) is 372 Å². The highest BCUT2D eigenvalue weighted by Crippen LogP contribution is 2.18. The number of aliphatic hydroxyl groups excluding tert-OH is 2. The van der Waals surface area contributed by atoms with E-state index in [4.69, 9.17) is 0 Å². The molecule has 0 saturated carbocycles. The standard InChI is InChI=1S/C80H137NO3/c1-3-5-7-9-11-13-15-17-19-21-23-25-27-29-31-33-35-36-37-38-39-40-41-42-43-44-46-48-50-52-54-56-58-60-62-64-66-68-70-72-74-76-80(84)81-78(77-82)79(83)75-73-71-69-67-65-63-61-59-57-55-53-51-49-47-45-34-32-30-28-26-24-22-20-18-16-14-12-10-8-6-4-2/h5,7,11,13,17,19,23,25,29,31,35-36,38-39,41-42,44,46,50,52,56,58,62,64,78-79,82-83H,3-4,6,8-10,12,14-16,18,20-22,24,26-28,30,32-34,37,40,43,45,47-49,51,53-55,57,59-61,63,65-77H2,1-2H3,(H,81,84)/b7-5-,13-11-,19-17-,25-23-,31-29-,36-35-,39-38-,42-41-,46-44-,52-50-,58-56-,64-62-. The summed E-state index contributed by atoms with van der Waals surface area (Å²) in [4.78, 5) is 12.6. The van der Waals surface area contributed by atoms with Crippen LogP contribution in [-0.2, 0) is 4.79 Å². The molecule has 2 unspecified atom stereocenters. The maximum absolute atomic E-state index is 12.6. The highest BCUT2D eigenvalue weighted by molar-refractivity contribution is 5.76. The Bertz CT molecular complexity index is 1700. The number of carbonyl (C=O) groups excluding carboxylic acids is 1. The third-order valence-electron chi connectivity index (χ3n) is 15.9. The number of unbranched alkanes of at least 4 members (excludes halogenated alkanes) is 34. The minimum atomic E-state index is -0.683. The van der Waals surface area contributed by atoms with Gasteiger partial charge in [0.1, 0.15) is 0 Å². The van der Waals surface area contributed by atoms with Crippen LogP contribution in [0.4, 0.5) is 0 Å². The van der Waals surface area contributed by atoms with Crippen molar-refractivity contribution in [3.63, 3.8) is 0 Å². The maximum Gasteiger partial charge on any atom is 0.220 e. The van der Waals surface area contributed by atoms with Crippen LogP contribution in [0.25, 0.3) is 0 Å². The lowest BCUT2D eigenvalue weighted by atomic mass is 10.0. The van der Waals surface area contributed by atoms with Crippen LogP contribution in [0.5, 0.6) is 0 Å². The van der Waals surface area contributed by atoms with E-state index in [2.05, 4.69) is 165 Å². The van der Waals surface area contributed by atoms with Gasteiger partial charge in [0, 0.05) is 6.42 Å². The molecule has 0 aromatic heterocycles. The van der Waals surface area contributed by atoms with Crippen LogP contribution in [0.3, 0.4) is 0 Å². The molecule has 0 saturated heterocycles. The van der Waals surface area contributed by atoms with Gasteiger partial charge in [-0.25, -0.2) is 0 Å². The minimum absolute atomic E-state index is 0.0572. The van der Waals surface area contributed by atoms with Gasteiger partial charge in [0.2, 0.25) is 5.91 Å². The lowest BCUT2D eigenvalue weighted by Gasteiger charge is -2.22. The third-order valence-corrected chi connectivity index (χ3v) is 15.9. The van der Waals surface area contributed by atoms with E-state index < -0.39 is 12.1 Å². The van der Waals surface area contributed by atoms with Crippen molar-refractivity contribution >= 4 is 5.91 Å². The fourth-order valence-electron chi connectivity index (χ4n) is 10.5. The quantitative estimate of drug-likeness (QED) is 0.0420. The number of rotatable bonds is 65. The second-order valence-electron chi connectivity index (χ2n) is 23.9. The first-order valence-corrected chi connectivity index (χ1v) is 36.0. The highest BCUT2D eigenvalue weighted by atomic mass is 16.3. The Morgan fingerprint density at radius 1 is 0.298 bits per heavy atom. The van der Waals surface area contributed by atoms with E-state index >= 15 is 0 Å². The zero-order chi connectivity index (χ0) is 60.5. The summed E-state index contributed by atoms with van der Waals surface area (Å²) < 4.78 is 0. The summed E-state index contributed by atoms with van der Waals surface area (Å²) >= 11 is 0. The Labute approximate surface area is 523 Å². The molecule has 0 heterocycles. The zero-order valence-corrected chi connectivity index (χ0v) is 55.4. The number of allylic oxidation sites excluding steroid dienone is 24. The Kier molecular flexibility index (Phi) is 70.3. The molecule has 0 aromatic rings. The van der Waals surface area contributed by atoms with Crippen LogP contribution < -0.4 is 5.32 Å². The number of hydrogen-bond donors (Lipinski definition) is 3. The monoisotopic (exact) mass is 1160 g/mol. The summed E-state index contributed by atoms with van der Waals surface area (Å²) in [7, 11) is 0. The van der Waals surface area contributed by atoms with Crippen LogP contribution in [0.2, 0.25) is 0 Å². The fraction of sp³-hybridized carbons (Fsp3) is 0.688. The SMILES string of the molecule is CC/C=C\C/C=C\C/C=C\C/C=C\C/C=C\C/C=C\C/C=C\C/C=C\C/C=C\C/C=C\C/C=C\C/C=C\CCCCCCC(=O)NC(CO)C(O)CCCCCCCCCCCCCCCCCCCCCCCCCCCCCCCCC. The van der Waals surface area contributed by atoms with Crippen LogP contribution in [0.1, 0.15) is 335 Å². The Morgan fingerprint density at radius 2 is 0.524 bits per heavy atom. The van der Waals surface area contributed by atoms with Gasteiger partial charge in [0.25, 0.3) is 0 Å². The molecular weight excluding hydrogens is 1020 g/mol. The van der Waals surface area contributed by atoms with Crippen molar-refractivity contribution in [2.75, 3.05) is 6.61 Å². The number of nitrogens with one attached hydrogen (secondary N) is 1. The molecule has 0 bridgehead atoms. The number of carbonyl (C=O) groups is 1. The molecule has 0 aromatic carbocycles. The van der Waals surface area contributed by atoms with Crippen LogP contribution in [-0.4, -0.2) is 34.9 Å². The zero-order valence-electron chi connectivity index (χ0n) is 55.4. The van der Waals surface area contributed by atoms with Gasteiger partial charge < -0.3 is 15.5 Å². The summed E-state index contributed by atoms with van der Waals surface area (Å²) in [6.45, 7) is 4.26. The maximum atomic E-state index is 12.6. The number of hydrogen-bond acceptors (Lipinski definition) is 3. The first-order valence-electron chi connectivity index (χ1n) is 36.0. The highest BCUT2D eigenvalue weighted by Gasteiger charge is 2.20. The topological polar surface area (TPSA) is 69.6 Å². The summed E-state index contributed by atoms with van der Waals surface area (Å²) in [5, 5.41) is 23.5. The van der Waals surface area contributed by atoms with E-state index in [1.165, 1.54) is 186 Å². The number of amides is 1. The van der Waals surface area contributed by atoms with Crippen LogP contribution >= 0.6 is 0 Å². The molecule has 4 nitrogen and oxygen atoms in total. The summed E-state index contributed by atoms with van der Waals surface area (Å²) in [6, 6.07) is -0.563. The Balaban J connectivity index is 3.59. The van der Waals surface area contributed by atoms with Crippen molar-refractivity contribution < 1.29 is 15.0 Å². The van der Waals surface area contributed by atoms with Gasteiger partial charge in [-0.2, -0.15) is 0 Å². The molecule has 0 aliphatic heterocycles. The molecule has 84 heavy (non-hydrogen) atoms. The third kappa shape index (κ3) is 69.0. The molecular formula is C80H137NO3. The van der Waals surface area contributed by atoms with Gasteiger partial charge >= 0.3 is 0 Å². The molecule has 2 atom stereocenters. The fourth-order valence-corrected chi connectivity index (χ4v) is 10.5. The van der Waals surface area contributed by atoms with E-state index in [-0.39, 0.29) is 12.5 Å². The molecule has 0 radical (unpaired) electrons. The van der Waals surface area contributed by atoms with Crippen LogP contribution in [0.15, 0.2) is 146 Å². The van der Waals surface area contributed by atoms with Crippen molar-refractivity contribution in [3.05, 3.63) is 146 Å². The Hall–Kier alpha value is -3.73. The molecule has 1 amide bonds. The van der Waals surface area contributed by atoms with Crippen LogP contribution in [0, 0.1) is 0 Å². The molecule has 4 heteroatoms. The minimum Gasteiger partial charge on any atom is -0.394 e. The molecule has 3 N–H and O–H groups in total. The van der Waals surface area contributed by atoms with E-state index in [1.54, 1.807) is 0 Å². The van der Waals surface area contributed by atoms with Crippen molar-refractivity contribution in [2.45, 2.75) is 347 Å². The second kappa shape index (κ2) is 73.5. The average Bonchev–Trinajstić information content (AvgIpc) is 3.51. The van der Waals surface area contributed by atoms with Crippen molar-refractivity contribution in [2.24, 2.45) is 0 Å². The van der Waals surface area contributed by atoms with E-state index in [9.17, 15) is 15.0 Å². The van der Waals surface area contributed by atoms with Gasteiger partial charge in [0.05, 0.1) is 18.8 Å². The first kappa shape index (κ1) is 80.3. The smallest absolute Gasteiger partial charge is 0.220 e. The second-order valence-corrected chi connectivity index (χ2v) is 23.9. The van der Waals surface area contributed by atoms with E-state index in [0.29, 0.717) is 12.8 Å². The van der Waals surface area contributed by atoms with Gasteiger partial charge in [-0.15, -0.1) is 0 Å². The van der Waals surface area contributed by atoms with Gasteiger partial charge in [-0.3, -0.25) is 4.79 Å². The predicted molar refractivity (Wildman–Crippen MR) is 377 cm³/mol. The predicted octanol–water partition coefficient (Wildman–Crippen LogP) is 25.0.